The lowest BCUT2D eigenvalue weighted by atomic mass is 9.91. The molecule has 1 fully saturated rings. The van der Waals surface area contributed by atoms with Crippen LogP contribution < -0.4 is 9.47 Å². The molecule has 26 heavy (non-hydrogen) atoms. The monoisotopic (exact) mass is 357 g/mol. The molecule has 2 aromatic rings. The van der Waals surface area contributed by atoms with Gasteiger partial charge >= 0.3 is 0 Å². The molecule has 3 rings (SSSR count). The lowest BCUT2D eigenvalue weighted by Crippen LogP contribution is -2.32. The molecule has 0 radical (unpaired) electrons. The molecule has 1 aliphatic rings. The molecule has 1 aliphatic heterocycles. The second-order valence-corrected chi connectivity index (χ2v) is 6.13. The molecule has 138 valence electrons. The number of rotatable bonds is 6. The molecule has 2 aromatic carbocycles. The highest BCUT2D eigenvalue weighted by atomic mass is 19.1. The molecule has 1 unspecified atom stereocenters. The Labute approximate surface area is 153 Å². The van der Waals surface area contributed by atoms with E-state index in [-0.39, 0.29) is 11.7 Å². The Kier molecular flexibility index (Phi) is 6.12. The number of hydrogen-bond donors (Lipinski definition) is 0. The van der Waals surface area contributed by atoms with Gasteiger partial charge in [-0.3, -0.25) is 0 Å². The van der Waals surface area contributed by atoms with Crippen molar-refractivity contribution in [1.82, 2.24) is 4.90 Å². The Hall–Kier alpha value is -2.53. The van der Waals surface area contributed by atoms with Gasteiger partial charge in [0.2, 0.25) is 0 Å². The molecular weight excluding hydrogens is 333 g/mol. The first-order chi connectivity index (χ1) is 12.7. The summed E-state index contributed by atoms with van der Waals surface area (Å²) in [7, 11) is 3.24. The van der Waals surface area contributed by atoms with E-state index in [4.69, 9.17) is 14.2 Å². The van der Waals surface area contributed by atoms with E-state index in [1.807, 2.05) is 30.3 Å². The Morgan fingerprint density at radius 2 is 1.62 bits per heavy atom. The summed E-state index contributed by atoms with van der Waals surface area (Å²) in [4.78, 5) is 2.24. The van der Waals surface area contributed by atoms with Crippen LogP contribution in [0, 0.1) is 5.82 Å². The van der Waals surface area contributed by atoms with Crippen molar-refractivity contribution in [2.75, 3.05) is 40.5 Å². The quantitative estimate of drug-likeness (QED) is 0.786. The Morgan fingerprint density at radius 1 is 0.962 bits per heavy atom. The lowest BCUT2D eigenvalue weighted by molar-refractivity contribution is 0.0592. The Bertz CT molecular complexity index is 739. The minimum absolute atomic E-state index is 0.0155. The molecule has 1 saturated heterocycles. The van der Waals surface area contributed by atoms with Crippen molar-refractivity contribution in [3.05, 3.63) is 71.7 Å². The third kappa shape index (κ3) is 4.35. The third-order valence-corrected chi connectivity index (χ3v) is 4.53. The molecule has 0 aromatic heterocycles. The maximum absolute atomic E-state index is 13.4. The highest BCUT2D eigenvalue weighted by Crippen LogP contribution is 2.34. The van der Waals surface area contributed by atoms with Crippen molar-refractivity contribution < 1.29 is 18.6 Å². The minimum atomic E-state index is -0.239. The van der Waals surface area contributed by atoms with Crippen LogP contribution in [-0.2, 0) is 4.74 Å². The number of allylic oxidation sites excluding steroid dienone is 1. The maximum Gasteiger partial charge on any atom is 0.161 e. The van der Waals surface area contributed by atoms with Crippen LogP contribution in [-0.4, -0.2) is 45.4 Å². The van der Waals surface area contributed by atoms with E-state index in [1.54, 1.807) is 14.2 Å². The second kappa shape index (κ2) is 8.72. The summed E-state index contributed by atoms with van der Waals surface area (Å²) in [6.45, 7) is 3.22. The molecule has 0 N–H and O–H groups in total. The van der Waals surface area contributed by atoms with E-state index in [9.17, 15) is 4.39 Å². The van der Waals surface area contributed by atoms with Gasteiger partial charge in [-0.2, -0.15) is 0 Å². The van der Waals surface area contributed by atoms with Crippen LogP contribution in [0.25, 0.3) is 0 Å². The van der Waals surface area contributed by atoms with Crippen molar-refractivity contribution in [2.45, 2.75) is 5.92 Å². The highest BCUT2D eigenvalue weighted by molar-refractivity contribution is 5.47. The van der Waals surface area contributed by atoms with Gasteiger partial charge in [-0.25, -0.2) is 4.39 Å². The number of nitrogens with zero attached hydrogens (tertiary/aromatic N) is 1. The van der Waals surface area contributed by atoms with Crippen molar-refractivity contribution in [2.24, 2.45) is 0 Å². The lowest BCUT2D eigenvalue weighted by Gasteiger charge is -2.26. The average Bonchev–Trinajstić information content (AvgIpc) is 2.70. The van der Waals surface area contributed by atoms with Gasteiger partial charge < -0.3 is 19.1 Å². The van der Waals surface area contributed by atoms with Gasteiger partial charge in [0.15, 0.2) is 11.5 Å². The van der Waals surface area contributed by atoms with E-state index >= 15 is 0 Å². The first-order valence-corrected chi connectivity index (χ1v) is 8.69. The standard InChI is InChI=1S/C21H24FNO3/c1-24-20-8-5-17(15-21(20)25-2)19(16-3-6-18(22)7-4-16)9-10-23-11-13-26-14-12-23/h3-10,15,19H,11-14H2,1-2H3. The van der Waals surface area contributed by atoms with Crippen molar-refractivity contribution in [3.63, 3.8) is 0 Å². The first kappa shape index (κ1) is 18.3. The van der Waals surface area contributed by atoms with Crippen LogP contribution in [0.2, 0.25) is 0 Å². The van der Waals surface area contributed by atoms with Gasteiger partial charge in [-0.05, 0) is 41.6 Å². The zero-order valence-electron chi connectivity index (χ0n) is 15.2. The second-order valence-electron chi connectivity index (χ2n) is 6.13. The van der Waals surface area contributed by atoms with Gasteiger partial charge in [0.25, 0.3) is 0 Å². The maximum atomic E-state index is 13.4. The van der Waals surface area contributed by atoms with Gasteiger partial charge in [0.1, 0.15) is 5.82 Å². The van der Waals surface area contributed by atoms with Crippen LogP contribution in [0.3, 0.4) is 0 Å². The Balaban J connectivity index is 1.94. The molecule has 0 saturated carbocycles. The van der Waals surface area contributed by atoms with Crippen molar-refractivity contribution in [3.8, 4) is 11.5 Å². The zero-order chi connectivity index (χ0) is 18.4. The number of ether oxygens (including phenoxy) is 3. The van der Waals surface area contributed by atoms with E-state index in [0.29, 0.717) is 11.5 Å². The fraction of sp³-hybridized carbons (Fsp3) is 0.333. The normalized spacial score (nSPS) is 15.9. The van der Waals surface area contributed by atoms with Crippen molar-refractivity contribution >= 4 is 0 Å². The Morgan fingerprint density at radius 3 is 2.27 bits per heavy atom. The number of methoxy groups -OCH3 is 2. The summed E-state index contributed by atoms with van der Waals surface area (Å²) in [6.07, 6.45) is 4.24. The molecular formula is C21H24FNO3. The molecule has 0 amide bonds. The van der Waals surface area contributed by atoms with E-state index < -0.39 is 0 Å². The van der Waals surface area contributed by atoms with Crippen LogP contribution in [0.4, 0.5) is 4.39 Å². The smallest absolute Gasteiger partial charge is 0.161 e. The summed E-state index contributed by atoms with van der Waals surface area (Å²) in [5, 5.41) is 0. The number of benzene rings is 2. The van der Waals surface area contributed by atoms with Crippen LogP contribution in [0.5, 0.6) is 11.5 Å². The third-order valence-electron chi connectivity index (χ3n) is 4.53. The molecule has 4 nitrogen and oxygen atoms in total. The van der Waals surface area contributed by atoms with E-state index in [0.717, 1.165) is 37.4 Å². The van der Waals surface area contributed by atoms with E-state index in [1.165, 1.54) is 12.1 Å². The largest absolute Gasteiger partial charge is 0.493 e. The van der Waals surface area contributed by atoms with Crippen LogP contribution in [0.15, 0.2) is 54.7 Å². The zero-order valence-corrected chi connectivity index (χ0v) is 15.2. The molecule has 0 bridgehead atoms. The summed E-state index contributed by atoms with van der Waals surface area (Å²) >= 11 is 0. The average molecular weight is 357 g/mol. The molecule has 5 heteroatoms. The fourth-order valence-electron chi connectivity index (χ4n) is 3.07. The van der Waals surface area contributed by atoms with Crippen LogP contribution in [0.1, 0.15) is 17.0 Å². The predicted molar refractivity (Wildman–Crippen MR) is 99.3 cm³/mol. The summed E-state index contributed by atoms with van der Waals surface area (Å²) < 4.78 is 29.5. The van der Waals surface area contributed by atoms with Crippen LogP contribution >= 0.6 is 0 Å². The van der Waals surface area contributed by atoms with Gasteiger partial charge in [0, 0.05) is 19.0 Å². The summed E-state index contributed by atoms with van der Waals surface area (Å²) in [5.74, 6) is 1.11. The molecule has 0 aliphatic carbocycles. The minimum Gasteiger partial charge on any atom is -0.493 e. The number of morpholine rings is 1. The SMILES string of the molecule is COc1ccc(C(C=CN2CCOCC2)c2ccc(F)cc2)cc1OC. The molecule has 1 heterocycles. The fourth-order valence-corrected chi connectivity index (χ4v) is 3.07. The van der Waals surface area contributed by atoms with Gasteiger partial charge in [0.05, 0.1) is 27.4 Å². The molecule has 1 atom stereocenters. The summed E-state index contributed by atoms with van der Waals surface area (Å²) in [6, 6.07) is 12.5. The van der Waals surface area contributed by atoms with Gasteiger partial charge in [-0.15, -0.1) is 0 Å². The highest BCUT2D eigenvalue weighted by Gasteiger charge is 2.15. The summed E-state index contributed by atoms with van der Waals surface area (Å²) in [5.41, 5.74) is 2.07. The number of hydrogen-bond acceptors (Lipinski definition) is 4. The predicted octanol–water partition coefficient (Wildman–Crippen LogP) is 3.82. The molecule has 0 spiro atoms. The topological polar surface area (TPSA) is 30.9 Å². The van der Waals surface area contributed by atoms with Gasteiger partial charge in [-0.1, -0.05) is 24.3 Å². The van der Waals surface area contributed by atoms with E-state index in [2.05, 4.69) is 17.2 Å². The van der Waals surface area contributed by atoms with Crippen molar-refractivity contribution in [1.29, 1.82) is 0 Å². The first-order valence-electron chi connectivity index (χ1n) is 8.69. The number of halogens is 1.